The molecule has 0 spiro atoms. The van der Waals surface area contributed by atoms with Gasteiger partial charge in [-0.3, -0.25) is 15.6 Å². The van der Waals surface area contributed by atoms with Gasteiger partial charge in [0.2, 0.25) is 5.91 Å². The number of thiocarbonyl (C=S) groups is 1. The molecule has 3 N–H and O–H groups in total. The first-order chi connectivity index (χ1) is 10.6. The van der Waals surface area contributed by atoms with Gasteiger partial charge < -0.3 is 14.8 Å². The molecule has 0 radical (unpaired) electrons. The van der Waals surface area contributed by atoms with Gasteiger partial charge in [0.25, 0.3) is 0 Å². The summed E-state index contributed by atoms with van der Waals surface area (Å²) >= 11 is 5.10. The normalized spacial score (nSPS) is 13.2. The van der Waals surface area contributed by atoms with Crippen molar-refractivity contribution in [1.29, 1.82) is 0 Å². The van der Waals surface area contributed by atoms with Gasteiger partial charge in [0.1, 0.15) is 0 Å². The van der Waals surface area contributed by atoms with Crippen molar-refractivity contribution < 1.29 is 14.3 Å². The average Bonchev–Trinajstić information content (AvgIpc) is 3.37. The second-order valence-corrected chi connectivity index (χ2v) is 5.49. The van der Waals surface area contributed by atoms with Gasteiger partial charge in [0.15, 0.2) is 16.6 Å². The second-order valence-electron chi connectivity index (χ2n) is 5.08. The van der Waals surface area contributed by atoms with Crippen molar-refractivity contribution in [3.05, 3.63) is 23.8 Å². The highest BCUT2D eigenvalue weighted by atomic mass is 32.1. The zero-order valence-corrected chi connectivity index (χ0v) is 13.6. The van der Waals surface area contributed by atoms with E-state index in [1.165, 1.54) is 0 Å². The van der Waals surface area contributed by atoms with Crippen LogP contribution in [0, 0.1) is 5.92 Å². The fourth-order valence-corrected chi connectivity index (χ4v) is 2.12. The van der Waals surface area contributed by atoms with Gasteiger partial charge >= 0.3 is 0 Å². The maximum Gasteiger partial charge on any atom is 0.241 e. The summed E-state index contributed by atoms with van der Waals surface area (Å²) in [7, 11) is 3.22. The Kier molecular flexibility index (Phi) is 5.83. The fourth-order valence-electron chi connectivity index (χ4n) is 1.97. The van der Waals surface area contributed by atoms with Gasteiger partial charge in [-0.25, -0.2) is 0 Å². The predicted octanol–water partition coefficient (Wildman–Crippen LogP) is 1.15. The molecule has 1 amide bonds. The van der Waals surface area contributed by atoms with Crippen LogP contribution >= 0.6 is 12.2 Å². The minimum atomic E-state index is 0.00374. The van der Waals surface area contributed by atoms with E-state index >= 15 is 0 Å². The maximum atomic E-state index is 11.4. The summed E-state index contributed by atoms with van der Waals surface area (Å²) in [6.07, 6.45) is 2.71. The molecule has 22 heavy (non-hydrogen) atoms. The molecule has 0 saturated heterocycles. The van der Waals surface area contributed by atoms with Gasteiger partial charge in [-0.2, -0.15) is 0 Å². The molecule has 1 saturated carbocycles. The summed E-state index contributed by atoms with van der Waals surface area (Å²) in [6, 6.07) is 5.79. The number of hydrogen-bond acceptors (Lipinski definition) is 4. The molecule has 1 aromatic rings. The summed E-state index contributed by atoms with van der Waals surface area (Å²) < 4.78 is 10.5. The molecule has 1 aliphatic rings. The molecule has 0 atom stereocenters. The molecule has 1 aromatic carbocycles. The van der Waals surface area contributed by atoms with Crippen molar-refractivity contribution in [2.75, 3.05) is 20.8 Å². The zero-order chi connectivity index (χ0) is 15.9. The first-order valence-electron chi connectivity index (χ1n) is 7.18. The third-order valence-corrected chi connectivity index (χ3v) is 3.64. The number of benzene rings is 1. The first kappa shape index (κ1) is 16.4. The van der Waals surface area contributed by atoms with Gasteiger partial charge in [0.05, 0.1) is 14.2 Å². The van der Waals surface area contributed by atoms with Crippen molar-refractivity contribution in [3.8, 4) is 11.5 Å². The molecular weight excluding hydrogens is 302 g/mol. The van der Waals surface area contributed by atoms with E-state index in [0.29, 0.717) is 23.2 Å². The van der Waals surface area contributed by atoms with Crippen LogP contribution in [0.15, 0.2) is 18.2 Å². The van der Waals surface area contributed by atoms with E-state index in [9.17, 15) is 4.79 Å². The number of carbonyl (C=O) groups is 1. The third kappa shape index (κ3) is 4.77. The van der Waals surface area contributed by atoms with Crippen LogP contribution in [0.5, 0.6) is 11.5 Å². The number of carbonyl (C=O) groups excluding carboxylic acids is 1. The highest BCUT2D eigenvalue weighted by Crippen LogP contribution is 2.28. The van der Waals surface area contributed by atoms with Crippen molar-refractivity contribution in [2.45, 2.75) is 19.3 Å². The molecule has 0 unspecified atom stereocenters. The monoisotopic (exact) mass is 323 g/mol. The molecule has 0 aliphatic heterocycles. The van der Waals surface area contributed by atoms with E-state index in [1.54, 1.807) is 14.2 Å². The summed E-state index contributed by atoms with van der Waals surface area (Å²) in [5, 5.41) is 3.46. The lowest BCUT2D eigenvalue weighted by Gasteiger charge is -2.12. The molecule has 1 fully saturated rings. The first-order valence-corrected chi connectivity index (χ1v) is 7.59. The Bertz CT molecular complexity index is 547. The van der Waals surface area contributed by atoms with Crippen LogP contribution in [-0.2, 0) is 11.2 Å². The van der Waals surface area contributed by atoms with E-state index < -0.39 is 0 Å². The smallest absolute Gasteiger partial charge is 0.241 e. The number of hydrazine groups is 1. The quantitative estimate of drug-likeness (QED) is 0.539. The number of methoxy groups -OCH3 is 2. The lowest BCUT2D eigenvalue weighted by Crippen LogP contribution is -2.47. The van der Waals surface area contributed by atoms with Crippen molar-refractivity contribution >= 4 is 23.2 Å². The molecule has 2 rings (SSSR count). The Morgan fingerprint density at radius 3 is 2.59 bits per heavy atom. The highest BCUT2D eigenvalue weighted by Gasteiger charge is 2.29. The molecule has 1 aliphatic carbocycles. The lowest BCUT2D eigenvalue weighted by molar-refractivity contribution is -0.122. The largest absolute Gasteiger partial charge is 0.493 e. The van der Waals surface area contributed by atoms with E-state index in [2.05, 4.69) is 16.2 Å². The topological polar surface area (TPSA) is 71.6 Å². The third-order valence-electron chi connectivity index (χ3n) is 3.39. The summed E-state index contributed by atoms with van der Waals surface area (Å²) in [6.45, 7) is 0.653. The van der Waals surface area contributed by atoms with Crippen LogP contribution in [0.3, 0.4) is 0 Å². The maximum absolute atomic E-state index is 11.4. The Morgan fingerprint density at radius 1 is 1.23 bits per heavy atom. The minimum Gasteiger partial charge on any atom is -0.493 e. The van der Waals surface area contributed by atoms with Crippen LogP contribution in [0.1, 0.15) is 18.4 Å². The van der Waals surface area contributed by atoms with Gasteiger partial charge in [0, 0.05) is 12.5 Å². The molecule has 120 valence electrons. The Hall–Kier alpha value is -2.02. The molecule has 7 heteroatoms. The van der Waals surface area contributed by atoms with E-state index in [4.69, 9.17) is 21.7 Å². The fraction of sp³-hybridized carbons (Fsp3) is 0.467. The van der Waals surface area contributed by atoms with Crippen molar-refractivity contribution in [2.24, 2.45) is 5.92 Å². The van der Waals surface area contributed by atoms with Crippen LogP contribution in [-0.4, -0.2) is 31.8 Å². The Balaban J connectivity index is 1.71. The summed E-state index contributed by atoms with van der Waals surface area (Å²) in [5.74, 6) is 1.57. The summed E-state index contributed by atoms with van der Waals surface area (Å²) in [4.78, 5) is 11.4. The van der Waals surface area contributed by atoms with Crippen LogP contribution in [0.25, 0.3) is 0 Å². The average molecular weight is 323 g/mol. The molecular formula is C15H21N3O3S. The van der Waals surface area contributed by atoms with E-state index in [1.807, 2.05) is 18.2 Å². The number of rotatable bonds is 6. The van der Waals surface area contributed by atoms with Crippen LogP contribution in [0.4, 0.5) is 0 Å². The Morgan fingerprint density at radius 2 is 1.95 bits per heavy atom. The van der Waals surface area contributed by atoms with Crippen molar-refractivity contribution in [3.63, 3.8) is 0 Å². The van der Waals surface area contributed by atoms with Crippen molar-refractivity contribution in [1.82, 2.24) is 16.2 Å². The lowest BCUT2D eigenvalue weighted by atomic mass is 10.1. The van der Waals surface area contributed by atoms with Gasteiger partial charge in [-0.1, -0.05) is 6.07 Å². The summed E-state index contributed by atoms with van der Waals surface area (Å²) in [5.41, 5.74) is 6.41. The number of nitrogens with one attached hydrogen (secondary N) is 3. The minimum absolute atomic E-state index is 0.00374. The molecule has 6 nitrogen and oxygen atoms in total. The van der Waals surface area contributed by atoms with Gasteiger partial charge in [-0.05, 0) is 49.2 Å². The van der Waals surface area contributed by atoms with E-state index in [0.717, 1.165) is 24.8 Å². The van der Waals surface area contributed by atoms with Crippen LogP contribution < -0.4 is 25.6 Å². The number of ether oxygens (including phenoxy) is 2. The SMILES string of the molecule is COc1ccc(CCNC(=S)NNC(=O)C2CC2)cc1OC. The van der Waals surface area contributed by atoms with Gasteiger partial charge in [-0.15, -0.1) is 0 Å². The van der Waals surface area contributed by atoms with E-state index in [-0.39, 0.29) is 11.8 Å². The zero-order valence-electron chi connectivity index (χ0n) is 12.8. The number of hydrogen-bond donors (Lipinski definition) is 3. The predicted molar refractivity (Wildman–Crippen MR) is 87.9 cm³/mol. The number of amides is 1. The molecule has 0 bridgehead atoms. The Labute approximate surface area is 135 Å². The second kappa shape index (κ2) is 7.84. The highest BCUT2D eigenvalue weighted by molar-refractivity contribution is 7.80. The standard InChI is InChI=1S/C15H21N3O3S/c1-20-12-6-3-10(9-13(12)21-2)7-8-16-15(22)18-17-14(19)11-4-5-11/h3,6,9,11H,4-5,7-8H2,1-2H3,(H,17,19)(H2,16,18,22). The molecule has 0 aromatic heterocycles. The molecule has 0 heterocycles. The van der Waals surface area contributed by atoms with Crippen LogP contribution in [0.2, 0.25) is 0 Å².